The number of halogens is 2. The summed E-state index contributed by atoms with van der Waals surface area (Å²) < 4.78 is 23.0. The summed E-state index contributed by atoms with van der Waals surface area (Å²) in [4.78, 5) is 27.1. The number of sulfonamides is 1. The van der Waals surface area contributed by atoms with Gasteiger partial charge in [-0.05, 0) is 55.8 Å². The molecule has 1 aliphatic heterocycles. The molecule has 0 radical (unpaired) electrons. The average Bonchev–Trinajstić information content (AvgIpc) is 2.70. The van der Waals surface area contributed by atoms with Crippen LogP contribution in [0.2, 0.25) is 10.0 Å². The maximum absolute atomic E-state index is 12.8. The summed E-state index contributed by atoms with van der Waals surface area (Å²) in [6, 6.07) is 10.0. The molecule has 1 unspecified atom stereocenters. The lowest BCUT2D eigenvalue weighted by Crippen LogP contribution is -2.49. The summed E-state index contributed by atoms with van der Waals surface area (Å²) in [6.45, 7) is 0.573. The zero-order valence-electron chi connectivity index (χ0n) is 16.5. The topological polar surface area (TPSA) is 122 Å². The molecule has 1 saturated heterocycles. The molecule has 1 heterocycles. The Morgan fingerprint density at radius 3 is 2.48 bits per heavy atom. The molecule has 2 amide bonds. The predicted molar refractivity (Wildman–Crippen MR) is 121 cm³/mol. The van der Waals surface area contributed by atoms with Crippen molar-refractivity contribution in [2.24, 2.45) is 5.14 Å². The Morgan fingerprint density at radius 2 is 1.77 bits per heavy atom. The highest BCUT2D eigenvalue weighted by Crippen LogP contribution is 2.26. The van der Waals surface area contributed by atoms with Gasteiger partial charge < -0.3 is 10.6 Å². The first kappa shape index (κ1) is 23.5. The third-order valence-electron chi connectivity index (χ3n) is 4.90. The standard InChI is InChI=1S/C20H22Cl2N4O4S/c21-16-8-7-14(11-17(16)22)25-20(28)18-6-1-2-9-26(18)12-19(27)24-13-4-3-5-15(10-13)31(23,29)30/h3-5,7-8,10-11,18H,1-2,6,9,12H2,(H,24,27)(H,25,28)(H2,23,29,30). The van der Waals surface area contributed by atoms with Crippen LogP contribution in [0.1, 0.15) is 19.3 Å². The Balaban J connectivity index is 1.65. The van der Waals surface area contributed by atoms with Gasteiger partial charge in [-0.1, -0.05) is 35.7 Å². The number of nitrogens with zero attached hydrogens (tertiary/aromatic N) is 1. The third-order valence-corrected chi connectivity index (χ3v) is 6.55. The number of rotatable bonds is 6. The number of hydrogen-bond donors (Lipinski definition) is 3. The van der Waals surface area contributed by atoms with Crippen molar-refractivity contribution in [1.29, 1.82) is 0 Å². The summed E-state index contributed by atoms with van der Waals surface area (Å²) in [5, 5.41) is 11.3. The molecule has 1 fully saturated rings. The van der Waals surface area contributed by atoms with Crippen LogP contribution in [0.4, 0.5) is 11.4 Å². The zero-order valence-corrected chi connectivity index (χ0v) is 18.8. The number of carbonyl (C=O) groups is 2. The Morgan fingerprint density at radius 1 is 1.03 bits per heavy atom. The number of likely N-dealkylation sites (tertiary alicyclic amines) is 1. The van der Waals surface area contributed by atoms with Crippen molar-refractivity contribution in [3.8, 4) is 0 Å². The van der Waals surface area contributed by atoms with E-state index in [1.165, 1.54) is 18.2 Å². The van der Waals surface area contributed by atoms with E-state index in [2.05, 4.69) is 10.6 Å². The van der Waals surface area contributed by atoms with Gasteiger partial charge in [0.1, 0.15) is 0 Å². The van der Waals surface area contributed by atoms with E-state index in [1.54, 1.807) is 29.2 Å². The quantitative estimate of drug-likeness (QED) is 0.581. The van der Waals surface area contributed by atoms with E-state index in [0.717, 1.165) is 12.8 Å². The van der Waals surface area contributed by atoms with E-state index in [9.17, 15) is 18.0 Å². The summed E-state index contributed by atoms with van der Waals surface area (Å²) in [5.41, 5.74) is 0.833. The number of piperidine rings is 1. The molecule has 1 atom stereocenters. The molecule has 1 aliphatic rings. The zero-order chi connectivity index (χ0) is 22.6. The largest absolute Gasteiger partial charge is 0.325 e. The number of hydrogen-bond acceptors (Lipinski definition) is 5. The smallest absolute Gasteiger partial charge is 0.241 e. The van der Waals surface area contributed by atoms with Crippen LogP contribution in [0.5, 0.6) is 0 Å². The van der Waals surface area contributed by atoms with Gasteiger partial charge in [-0.3, -0.25) is 14.5 Å². The highest BCUT2D eigenvalue weighted by molar-refractivity contribution is 7.89. The minimum Gasteiger partial charge on any atom is -0.325 e. The van der Waals surface area contributed by atoms with E-state index in [4.69, 9.17) is 28.3 Å². The van der Waals surface area contributed by atoms with Gasteiger partial charge in [-0.2, -0.15) is 0 Å². The van der Waals surface area contributed by atoms with Gasteiger partial charge in [-0.25, -0.2) is 13.6 Å². The maximum Gasteiger partial charge on any atom is 0.241 e. The van der Waals surface area contributed by atoms with E-state index in [1.807, 2.05) is 0 Å². The van der Waals surface area contributed by atoms with Crippen molar-refractivity contribution in [2.45, 2.75) is 30.2 Å². The van der Waals surface area contributed by atoms with Gasteiger partial charge in [0.05, 0.1) is 27.5 Å². The third kappa shape index (κ3) is 6.41. The fraction of sp³-hybridized carbons (Fsp3) is 0.300. The Hall–Kier alpha value is -2.17. The van der Waals surface area contributed by atoms with Crippen molar-refractivity contribution in [3.63, 3.8) is 0 Å². The SMILES string of the molecule is NS(=O)(=O)c1cccc(NC(=O)CN2CCCCC2C(=O)Nc2ccc(Cl)c(Cl)c2)c1. The predicted octanol–water partition coefficient (Wildman–Crippen LogP) is 3.07. The summed E-state index contributed by atoms with van der Waals surface area (Å²) >= 11 is 11.9. The van der Waals surface area contributed by atoms with Gasteiger partial charge in [0.2, 0.25) is 21.8 Å². The van der Waals surface area contributed by atoms with Crippen LogP contribution < -0.4 is 15.8 Å². The molecule has 2 aromatic rings. The molecule has 0 saturated carbocycles. The molecule has 3 rings (SSSR count). The van der Waals surface area contributed by atoms with Gasteiger partial charge in [-0.15, -0.1) is 0 Å². The molecule has 0 spiro atoms. The summed E-state index contributed by atoms with van der Waals surface area (Å²) in [6.07, 6.45) is 2.35. The molecular weight excluding hydrogens is 463 g/mol. The number of nitrogens with one attached hydrogen (secondary N) is 2. The number of nitrogens with two attached hydrogens (primary N) is 1. The number of primary sulfonamides is 1. The average molecular weight is 485 g/mol. The van der Waals surface area contributed by atoms with Gasteiger partial charge >= 0.3 is 0 Å². The molecular formula is C20H22Cl2N4O4S. The lowest BCUT2D eigenvalue weighted by atomic mass is 10.0. The molecule has 31 heavy (non-hydrogen) atoms. The van der Waals surface area contributed by atoms with E-state index in [0.29, 0.717) is 34.4 Å². The fourth-order valence-electron chi connectivity index (χ4n) is 3.41. The van der Waals surface area contributed by atoms with Crippen molar-refractivity contribution in [1.82, 2.24) is 4.90 Å². The summed E-state index contributed by atoms with van der Waals surface area (Å²) in [7, 11) is -3.88. The Kier molecular flexibility index (Phi) is 7.55. The van der Waals surface area contributed by atoms with Gasteiger partial charge in [0.25, 0.3) is 0 Å². The number of amides is 2. The van der Waals surface area contributed by atoms with Crippen LogP contribution in [0.15, 0.2) is 47.4 Å². The van der Waals surface area contributed by atoms with Crippen LogP contribution in [0.3, 0.4) is 0 Å². The van der Waals surface area contributed by atoms with Crippen LogP contribution in [0.25, 0.3) is 0 Å². The van der Waals surface area contributed by atoms with Gasteiger partial charge in [0.15, 0.2) is 0 Å². The van der Waals surface area contributed by atoms with Crippen LogP contribution in [0, 0.1) is 0 Å². The monoisotopic (exact) mass is 484 g/mol. The van der Waals surface area contributed by atoms with Crippen LogP contribution >= 0.6 is 23.2 Å². The Bertz CT molecular complexity index is 1090. The normalized spacial score (nSPS) is 17.2. The minimum atomic E-state index is -3.88. The highest BCUT2D eigenvalue weighted by atomic mass is 35.5. The number of anilines is 2. The van der Waals surface area contributed by atoms with E-state index >= 15 is 0 Å². The molecule has 0 aromatic heterocycles. The molecule has 8 nitrogen and oxygen atoms in total. The maximum atomic E-state index is 12.8. The molecule has 4 N–H and O–H groups in total. The fourth-order valence-corrected chi connectivity index (χ4v) is 4.27. The van der Waals surface area contributed by atoms with Crippen molar-refractivity contribution < 1.29 is 18.0 Å². The second-order valence-corrected chi connectivity index (χ2v) is 9.60. The lowest BCUT2D eigenvalue weighted by molar-refractivity contribution is -0.124. The molecule has 0 bridgehead atoms. The van der Waals surface area contributed by atoms with Gasteiger partial charge in [0, 0.05) is 11.4 Å². The molecule has 166 valence electrons. The molecule has 0 aliphatic carbocycles. The van der Waals surface area contributed by atoms with E-state index in [-0.39, 0.29) is 23.3 Å². The second-order valence-electron chi connectivity index (χ2n) is 7.22. The number of benzene rings is 2. The second kappa shape index (κ2) is 9.97. The van der Waals surface area contributed by atoms with Crippen molar-refractivity contribution in [3.05, 3.63) is 52.5 Å². The summed E-state index contributed by atoms with van der Waals surface area (Å²) in [5.74, 6) is -0.595. The molecule has 11 heteroatoms. The van der Waals surface area contributed by atoms with Crippen LogP contribution in [-0.2, 0) is 19.6 Å². The first-order chi connectivity index (χ1) is 14.6. The minimum absolute atomic E-state index is 0.0148. The van der Waals surface area contributed by atoms with Crippen LogP contribution in [-0.4, -0.2) is 44.3 Å². The van der Waals surface area contributed by atoms with Crippen molar-refractivity contribution in [2.75, 3.05) is 23.7 Å². The first-order valence-electron chi connectivity index (χ1n) is 9.56. The van der Waals surface area contributed by atoms with Crippen molar-refractivity contribution >= 4 is 56.4 Å². The Labute approximate surface area is 190 Å². The highest BCUT2D eigenvalue weighted by Gasteiger charge is 2.30. The molecule has 2 aromatic carbocycles. The van der Waals surface area contributed by atoms with E-state index < -0.39 is 16.1 Å². The number of carbonyl (C=O) groups excluding carboxylic acids is 2. The first-order valence-corrected chi connectivity index (χ1v) is 11.9. The lowest BCUT2D eigenvalue weighted by Gasteiger charge is -2.34.